The van der Waals surface area contributed by atoms with E-state index in [2.05, 4.69) is 11.4 Å². The molecule has 1 aromatic heterocycles. The van der Waals surface area contributed by atoms with E-state index in [0.29, 0.717) is 18.6 Å². The van der Waals surface area contributed by atoms with Gasteiger partial charge >= 0.3 is 5.97 Å². The first-order chi connectivity index (χ1) is 13.5. The number of fused-ring (bicyclic) bond motifs is 2. The Morgan fingerprint density at radius 3 is 2.82 bits per heavy atom. The normalized spacial score (nSPS) is 21.7. The molecule has 0 radical (unpaired) electrons. The van der Waals surface area contributed by atoms with Crippen LogP contribution in [0.1, 0.15) is 35.7 Å². The number of carbonyl (C=O) groups is 1. The predicted octanol–water partition coefficient (Wildman–Crippen LogP) is 2.94. The van der Waals surface area contributed by atoms with E-state index >= 15 is 4.39 Å². The number of benzene rings is 1. The maximum absolute atomic E-state index is 15.1. The van der Waals surface area contributed by atoms with Crippen molar-refractivity contribution in [2.45, 2.75) is 31.3 Å². The molecule has 0 spiro atoms. The third kappa shape index (κ3) is 2.64. The SMILES string of the molecule is O=C(O)c1cn(C2CC2)c2c(Cl)c(N3CC4=CCCNC4C3)c(F)cc2c1=O. The van der Waals surface area contributed by atoms with E-state index in [9.17, 15) is 14.7 Å². The molecule has 1 saturated heterocycles. The van der Waals surface area contributed by atoms with E-state index < -0.39 is 17.2 Å². The van der Waals surface area contributed by atoms with Gasteiger partial charge in [0, 0.05) is 31.4 Å². The van der Waals surface area contributed by atoms with Crippen molar-refractivity contribution in [3.63, 3.8) is 0 Å². The zero-order chi connectivity index (χ0) is 19.6. The predicted molar refractivity (Wildman–Crippen MR) is 105 cm³/mol. The average Bonchev–Trinajstić information content (AvgIpc) is 3.41. The number of nitrogens with one attached hydrogen (secondary N) is 1. The molecular weight excluding hydrogens is 385 g/mol. The Morgan fingerprint density at radius 1 is 1.36 bits per heavy atom. The molecule has 2 aliphatic heterocycles. The van der Waals surface area contributed by atoms with Gasteiger partial charge in [0.25, 0.3) is 0 Å². The number of halogens is 2. The third-order valence-corrected chi connectivity index (χ3v) is 6.19. The number of hydrogen-bond acceptors (Lipinski definition) is 4. The van der Waals surface area contributed by atoms with E-state index in [1.807, 2.05) is 4.90 Å². The monoisotopic (exact) mass is 403 g/mol. The van der Waals surface area contributed by atoms with Crippen LogP contribution in [0.2, 0.25) is 5.02 Å². The van der Waals surface area contributed by atoms with E-state index in [4.69, 9.17) is 11.6 Å². The first-order valence-electron chi connectivity index (χ1n) is 9.43. The van der Waals surface area contributed by atoms with E-state index in [-0.39, 0.29) is 33.7 Å². The van der Waals surface area contributed by atoms with Crippen LogP contribution in [0.3, 0.4) is 0 Å². The van der Waals surface area contributed by atoms with Crippen LogP contribution in [0, 0.1) is 5.82 Å². The summed E-state index contributed by atoms with van der Waals surface area (Å²) in [5.41, 5.74) is 0.869. The van der Waals surface area contributed by atoms with Crippen molar-refractivity contribution >= 4 is 34.2 Å². The van der Waals surface area contributed by atoms with Crippen LogP contribution in [0.4, 0.5) is 10.1 Å². The lowest BCUT2D eigenvalue weighted by Crippen LogP contribution is -2.36. The van der Waals surface area contributed by atoms with Gasteiger partial charge in [0.1, 0.15) is 11.4 Å². The number of carboxylic acids is 1. The lowest BCUT2D eigenvalue weighted by Gasteiger charge is -2.23. The quantitative estimate of drug-likeness (QED) is 0.771. The minimum Gasteiger partial charge on any atom is -0.477 e. The van der Waals surface area contributed by atoms with Crippen LogP contribution in [0.25, 0.3) is 10.9 Å². The van der Waals surface area contributed by atoms with Crippen LogP contribution in [0.15, 0.2) is 28.7 Å². The van der Waals surface area contributed by atoms with Crippen LogP contribution in [-0.2, 0) is 0 Å². The number of hydrogen-bond donors (Lipinski definition) is 2. The third-order valence-electron chi connectivity index (χ3n) is 5.84. The second kappa shape index (κ2) is 6.32. The summed E-state index contributed by atoms with van der Waals surface area (Å²) in [5.74, 6) is -1.91. The second-order valence-corrected chi connectivity index (χ2v) is 8.07. The summed E-state index contributed by atoms with van der Waals surface area (Å²) in [6.45, 7) is 2.09. The molecule has 0 bridgehead atoms. The van der Waals surface area contributed by atoms with Gasteiger partial charge in [-0.3, -0.25) is 4.79 Å². The zero-order valence-corrected chi connectivity index (χ0v) is 15.8. The first-order valence-corrected chi connectivity index (χ1v) is 9.81. The van der Waals surface area contributed by atoms with Crippen molar-refractivity contribution in [3.05, 3.63) is 50.5 Å². The molecule has 6 nitrogen and oxygen atoms in total. The molecule has 0 amide bonds. The van der Waals surface area contributed by atoms with Crippen molar-refractivity contribution in [2.24, 2.45) is 0 Å². The van der Waals surface area contributed by atoms with E-state index in [1.165, 1.54) is 11.8 Å². The Kier molecular flexibility index (Phi) is 4.00. The second-order valence-electron chi connectivity index (χ2n) is 7.69. The fourth-order valence-corrected chi connectivity index (χ4v) is 4.74. The highest BCUT2D eigenvalue weighted by Gasteiger charge is 2.34. The molecular formula is C20H19ClFN3O3. The smallest absolute Gasteiger partial charge is 0.341 e. The molecule has 3 heterocycles. The summed E-state index contributed by atoms with van der Waals surface area (Å²) in [4.78, 5) is 26.0. The summed E-state index contributed by atoms with van der Waals surface area (Å²) >= 11 is 6.68. The molecule has 1 aromatic carbocycles. The summed E-state index contributed by atoms with van der Waals surface area (Å²) in [6.07, 6.45) is 6.25. The van der Waals surface area contributed by atoms with Gasteiger partial charge in [-0.05, 0) is 37.4 Å². The van der Waals surface area contributed by atoms with Crippen molar-refractivity contribution in [2.75, 3.05) is 24.5 Å². The van der Waals surface area contributed by atoms with Crippen LogP contribution >= 0.6 is 11.6 Å². The lowest BCUT2D eigenvalue weighted by atomic mass is 10.1. The Hall–Kier alpha value is -2.38. The number of rotatable bonds is 3. The zero-order valence-electron chi connectivity index (χ0n) is 15.0. The van der Waals surface area contributed by atoms with Gasteiger partial charge in [-0.25, -0.2) is 9.18 Å². The molecule has 1 saturated carbocycles. The standard InChI is InChI=1S/C20H19ClFN3O3/c21-16-17-12(19(26)13(20(27)28)8-25(17)11-3-4-11)6-14(22)18(16)24-7-10-2-1-5-23-15(10)9-24/h2,6,8,11,15,23H,1,3-5,7,9H2,(H,27,28). The molecule has 1 unspecified atom stereocenters. The maximum Gasteiger partial charge on any atom is 0.341 e. The van der Waals surface area contributed by atoms with Gasteiger partial charge in [-0.15, -0.1) is 0 Å². The minimum atomic E-state index is -1.32. The van der Waals surface area contributed by atoms with Crippen molar-refractivity contribution < 1.29 is 14.3 Å². The van der Waals surface area contributed by atoms with E-state index in [0.717, 1.165) is 31.9 Å². The van der Waals surface area contributed by atoms with E-state index in [1.54, 1.807) is 4.57 Å². The van der Waals surface area contributed by atoms with Gasteiger partial charge in [0.2, 0.25) is 5.43 Å². The fourth-order valence-electron chi connectivity index (χ4n) is 4.34. The molecule has 146 valence electrons. The molecule has 5 rings (SSSR count). The summed E-state index contributed by atoms with van der Waals surface area (Å²) in [6, 6.07) is 1.41. The van der Waals surface area contributed by atoms with Crippen LogP contribution in [0.5, 0.6) is 0 Å². The largest absolute Gasteiger partial charge is 0.477 e. The lowest BCUT2D eigenvalue weighted by molar-refractivity contribution is 0.0695. The van der Waals surface area contributed by atoms with Crippen molar-refractivity contribution in [1.29, 1.82) is 0 Å². The number of anilines is 1. The number of pyridine rings is 1. The Labute approximate surface area is 165 Å². The van der Waals surface area contributed by atoms with Crippen LogP contribution in [-0.4, -0.2) is 41.3 Å². The molecule has 3 aliphatic rings. The molecule has 1 atom stereocenters. The summed E-state index contributed by atoms with van der Waals surface area (Å²) in [7, 11) is 0. The number of nitrogens with zero attached hydrogens (tertiary/aromatic N) is 2. The molecule has 28 heavy (non-hydrogen) atoms. The summed E-state index contributed by atoms with van der Waals surface area (Å²) < 4.78 is 16.9. The topological polar surface area (TPSA) is 74.6 Å². The molecule has 1 aliphatic carbocycles. The minimum absolute atomic E-state index is 0.0204. The average molecular weight is 404 g/mol. The summed E-state index contributed by atoms with van der Waals surface area (Å²) in [5, 5.41) is 13.0. The fraction of sp³-hybridized carbons (Fsp3) is 0.400. The highest BCUT2D eigenvalue weighted by Crippen LogP contribution is 2.43. The molecule has 2 fully saturated rings. The van der Waals surface area contributed by atoms with Gasteiger partial charge in [-0.2, -0.15) is 0 Å². The molecule has 2 aromatic rings. The van der Waals surface area contributed by atoms with Gasteiger partial charge in [-0.1, -0.05) is 17.7 Å². The van der Waals surface area contributed by atoms with Crippen LogP contribution < -0.4 is 15.6 Å². The number of carboxylic acid groups (broad SMARTS) is 1. The highest BCUT2D eigenvalue weighted by molar-refractivity contribution is 6.38. The Balaban J connectivity index is 1.72. The first kappa shape index (κ1) is 17.7. The van der Waals surface area contributed by atoms with Gasteiger partial charge in [0.15, 0.2) is 0 Å². The Bertz CT molecular complexity index is 1110. The van der Waals surface area contributed by atoms with Gasteiger partial charge in [0.05, 0.1) is 21.6 Å². The maximum atomic E-state index is 15.1. The highest BCUT2D eigenvalue weighted by atomic mass is 35.5. The number of aromatic carboxylic acids is 1. The number of aromatic nitrogens is 1. The van der Waals surface area contributed by atoms with Crippen molar-refractivity contribution in [1.82, 2.24) is 9.88 Å². The van der Waals surface area contributed by atoms with Crippen molar-refractivity contribution in [3.8, 4) is 0 Å². The molecule has 2 N–H and O–H groups in total. The Morgan fingerprint density at radius 2 is 2.14 bits per heavy atom. The molecule has 8 heteroatoms. The van der Waals surface area contributed by atoms with Gasteiger partial charge < -0.3 is 19.9 Å².